The molecule has 2 aliphatic heterocycles. The molecule has 3 aliphatic rings. The minimum Gasteiger partial charge on any atom is -0.434 e. The minimum atomic E-state index is -4.56. The van der Waals surface area contributed by atoms with Crippen molar-refractivity contribution in [2.75, 3.05) is 26.2 Å². The molecule has 1 aromatic heterocycles. The Morgan fingerprint density at radius 1 is 1.19 bits per heavy atom. The Morgan fingerprint density at radius 2 is 1.90 bits per heavy atom. The van der Waals surface area contributed by atoms with Crippen LogP contribution in [-0.2, 0) is 23.7 Å². The molecule has 2 atom stereocenters. The number of piperazine rings is 1. The zero-order valence-electron chi connectivity index (χ0n) is 23.8. The molecule has 1 fully saturated rings. The summed E-state index contributed by atoms with van der Waals surface area (Å²) in [7, 11) is 1.87. The minimum absolute atomic E-state index is 0.153. The molecule has 1 amide bonds. The largest absolute Gasteiger partial charge is 0.434 e. The van der Waals surface area contributed by atoms with Gasteiger partial charge in [-0.15, -0.1) is 4.91 Å². The fourth-order valence-electron chi connectivity index (χ4n) is 4.96. The fraction of sp³-hybridized carbons (Fsp3) is 0.448. The van der Waals surface area contributed by atoms with Crippen molar-refractivity contribution >= 4 is 23.3 Å². The molecule has 2 unspecified atom stereocenters. The van der Waals surface area contributed by atoms with Crippen LogP contribution in [0.2, 0.25) is 5.02 Å². The number of dihydropyridines is 1. The molecular weight excluding hydrogens is 573 g/mol. The summed E-state index contributed by atoms with van der Waals surface area (Å²) in [5, 5.41) is 10.6. The highest BCUT2D eigenvalue weighted by molar-refractivity contribution is 6.30. The molecule has 1 aliphatic carbocycles. The first-order valence-electron chi connectivity index (χ1n) is 13.5. The van der Waals surface area contributed by atoms with E-state index < -0.39 is 23.4 Å². The number of imidazole rings is 1. The second-order valence-corrected chi connectivity index (χ2v) is 11.4. The van der Waals surface area contributed by atoms with Crippen LogP contribution in [0.15, 0.2) is 65.9 Å². The summed E-state index contributed by atoms with van der Waals surface area (Å²) < 4.78 is 43.7. The van der Waals surface area contributed by atoms with Gasteiger partial charge in [0.1, 0.15) is 0 Å². The number of allylic oxidation sites excluding steroid dienone is 2. The molecule has 226 valence electrons. The van der Waals surface area contributed by atoms with Gasteiger partial charge in [-0.05, 0) is 73.9 Å². The number of carbonyl (C=O) groups excluding carboxylic acids is 1. The highest BCUT2D eigenvalue weighted by atomic mass is 35.5. The first-order valence-corrected chi connectivity index (χ1v) is 13.8. The number of aromatic nitrogens is 2. The lowest BCUT2D eigenvalue weighted by molar-refractivity contribution is -0.246. The van der Waals surface area contributed by atoms with Gasteiger partial charge in [-0.3, -0.25) is 0 Å². The number of amides is 1. The van der Waals surface area contributed by atoms with Gasteiger partial charge in [-0.1, -0.05) is 35.0 Å². The lowest BCUT2D eigenvalue weighted by Gasteiger charge is -2.32. The van der Waals surface area contributed by atoms with Crippen LogP contribution in [0.25, 0.3) is 5.57 Å². The van der Waals surface area contributed by atoms with Crippen LogP contribution >= 0.6 is 11.6 Å². The van der Waals surface area contributed by atoms with Gasteiger partial charge in [-0.2, -0.15) is 13.2 Å². The second kappa shape index (κ2) is 12.3. The third-order valence-corrected chi connectivity index (χ3v) is 7.84. The van der Waals surface area contributed by atoms with Crippen LogP contribution in [-0.4, -0.2) is 64.5 Å². The third-order valence-electron chi connectivity index (χ3n) is 7.60. The van der Waals surface area contributed by atoms with Gasteiger partial charge in [0.2, 0.25) is 5.60 Å². The number of nitrogens with one attached hydrogen (secondary N) is 2. The van der Waals surface area contributed by atoms with Crippen LogP contribution in [0.5, 0.6) is 0 Å². The van der Waals surface area contributed by atoms with E-state index in [1.807, 2.05) is 49.0 Å². The molecule has 1 saturated heterocycles. The number of halogens is 4. The Labute approximate surface area is 247 Å². The Kier molecular flexibility index (Phi) is 9.17. The number of hydrogen-bond donors (Lipinski definition) is 2. The van der Waals surface area contributed by atoms with Crippen molar-refractivity contribution in [1.82, 2.24) is 25.1 Å². The van der Waals surface area contributed by atoms with Crippen LogP contribution in [0.1, 0.15) is 37.6 Å². The number of aryl methyl sites for hydroxylation is 1. The first kappa shape index (κ1) is 31.3. The molecule has 0 radical (unpaired) electrons. The lowest BCUT2D eigenvalue weighted by atomic mass is 9.82. The number of rotatable bonds is 4. The van der Waals surface area contributed by atoms with E-state index in [0.717, 1.165) is 48.2 Å². The number of benzene rings is 1. The predicted octanol–water partition coefficient (Wildman–Crippen LogP) is 5.48. The quantitative estimate of drug-likeness (QED) is 0.448. The van der Waals surface area contributed by atoms with Gasteiger partial charge in [0.15, 0.2) is 5.54 Å². The number of fused-ring (bicyclic) bond motifs is 2. The topological polar surface area (TPSA) is 101 Å². The zero-order chi connectivity index (χ0) is 30.7. The van der Waals surface area contributed by atoms with E-state index in [1.54, 1.807) is 12.5 Å². The Hall–Kier alpha value is -3.64. The van der Waals surface area contributed by atoms with Gasteiger partial charge in [0.25, 0.3) is 0 Å². The molecule has 0 saturated carbocycles. The predicted molar refractivity (Wildman–Crippen MR) is 155 cm³/mol. The summed E-state index contributed by atoms with van der Waals surface area (Å²) in [5.74, 6) is 0. The molecule has 3 heterocycles. The highest BCUT2D eigenvalue weighted by Gasteiger charge is 2.51. The van der Waals surface area contributed by atoms with Gasteiger partial charge in [0.05, 0.1) is 24.3 Å². The molecule has 0 spiro atoms. The summed E-state index contributed by atoms with van der Waals surface area (Å²) >= 11 is 6.30. The summed E-state index contributed by atoms with van der Waals surface area (Å²) in [5.41, 5.74) is 1.25. The molecule has 9 nitrogen and oxygen atoms in total. The van der Waals surface area contributed by atoms with Crippen molar-refractivity contribution in [3.05, 3.63) is 87.5 Å². The van der Waals surface area contributed by atoms with Crippen molar-refractivity contribution in [3.8, 4) is 0 Å². The monoisotopic (exact) mass is 606 g/mol. The standard InChI is InChI=1S/C20H19ClN4O.C9H15F3N2O2/c1-20(24-26,19-11-22-12-25(19)2)17-8-14-4-3-7-23-18(14)9-13-5-6-15(21)10-16(13)17;1-8(2,9(10,11)12)16-7(15)14-5-3-13-4-6-14/h3-8,10-12,18,23H,9H2,1-2H3;13H,3-6H2,1-2H3. The molecule has 13 heteroatoms. The van der Waals surface area contributed by atoms with Gasteiger partial charge >= 0.3 is 12.3 Å². The molecule has 0 bridgehead atoms. The molecule has 2 N–H and O–H groups in total. The van der Waals surface area contributed by atoms with E-state index in [-0.39, 0.29) is 6.04 Å². The molecule has 1 aromatic carbocycles. The number of carbonyl (C=O) groups is 1. The normalized spacial score (nSPS) is 19.8. The van der Waals surface area contributed by atoms with Gasteiger partial charge < -0.3 is 24.8 Å². The van der Waals surface area contributed by atoms with E-state index in [2.05, 4.69) is 37.7 Å². The number of hydrogen-bond acceptors (Lipinski definition) is 7. The number of nitroso groups, excluding NO2 is 1. The molecule has 2 aromatic rings. The summed E-state index contributed by atoms with van der Waals surface area (Å²) in [4.78, 5) is 29.0. The molecule has 42 heavy (non-hydrogen) atoms. The molecular formula is C29H34ClF3N6O3. The first-order chi connectivity index (χ1) is 19.8. The van der Waals surface area contributed by atoms with Crippen molar-refractivity contribution in [3.63, 3.8) is 0 Å². The molecule has 5 rings (SSSR count). The summed E-state index contributed by atoms with van der Waals surface area (Å²) in [6.45, 7) is 5.39. The van der Waals surface area contributed by atoms with Crippen LogP contribution in [0, 0.1) is 4.91 Å². The van der Waals surface area contributed by atoms with Gasteiger partial charge in [0, 0.05) is 38.2 Å². The van der Waals surface area contributed by atoms with E-state index in [4.69, 9.17) is 11.6 Å². The lowest BCUT2D eigenvalue weighted by Crippen LogP contribution is -2.51. The van der Waals surface area contributed by atoms with Crippen molar-refractivity contribution in [2.24, 2.45) is 12.2 Å². The smallest absolute Gasteiger partial charge is 0.427 e. The average Bonchev–Trinajstić information content (AvgIpc) is 3.32. The number of alkyl halides is 3. The van der Waals surface area contributed by atoms with Crippen molar-refractivity contribution in [2.45, 2.75) is 50.6 Å². The van der Waals surface area contributed by atoms with Crippen LogP contribution in [0.4, 0.5) is 18.0 Å². The summed E-state index contributed by atoms with van der Waals surface area (Å²) in [6.07, 6.45) is 6.77. The summed E-state index contributed by atoms with van der Waals surface area (Å²) in [6, 6.07) is 6.00. The number of ether oxygens (including phenoxy) is 1. The Balaban J connectivity index is 0.000000219. The maximum atomic E-state index is 12.5. The van der Waals surface area contributed by atoms with E-state index in [1.165, 1.54) is 4.90 Å². The number of nitrogens with zero attached hydrogens (tertiary/aromatic N) is 4. The maximum absolute atomic E-state index is 12.5. The second-order valence-electron chi connectivity index (χ2n) is 11.0. The van der Waals surface area contributed by atoms with Crippen molar-refractivity contribution < 1.29 is 22.7 Å². The van der Waals surface area contributed by atoms with E-state index >= 15 is 0 Å². The van der Waals surface area contributed by atoms with Crippen LogP contribution in [0.3, 0.4) is 0 Å². The van der Waals surface area contributed by atoms with E-state index in [0.29, 0.717) is 31.2 Å². The van der Waals surface area contributed by atoms with Crippen molar-refractivity contribution in [1.29, 1.82) is 0 Å². The SMILES string of the molecule is CC(C)(OC(=O)N1CCNCC1)C(F)(F)F.Cn1cncc1C(C)(N=O)C1=CC2=CC=CNC2Cc2ccc(Cl)cc21. The maximum Gasteiger partial charge on any atom is 0.427 e. The average molecular weight is 607 g/mol. The Morgan fingerprint density at radius 3 is 2.52 bits per heavy atom. The fourth-order valence-corrected chi connectivity index (χ4v) is 5.13. The highest BCUT2D eigenvalue weighted by Crippen LogP contribution is 2.44. The Bertz CT molecular complexity index is 1410. The van der Waals surface area contributed by atoms with E-state index in [9.17, 15) is 22.9 Å². The van der Waals surface area contributed by atoms with Crippen LogP contribution < -0.4 is 10.6 Å². The zero-order valence-corrected chi connectivity index (χ0v) is 24.6. The van der Waals surface area contributed by atoms with Gasteiger partial charge in [-0.25, -0.2) is 9.78 Å². The third kappa shape index (κ3) is 6.54.